The standard InChI is InChI=1S/C14H24BrN3S/c1-6-19-8-7-10(2)16-12-9-11(15)17-13(18-12)14(3,4)5/h9-10H,6-8H2,1-5H3,(H,16,17,18). The molecular weight excluding hydrogens is 322 g/mol. The monoisotopic (exact) mass is 345 g/mol. The normalized spacial score (nSPS) is 13.4. The number of hydrogen-bond donors (Lipinski definition) is 1. The van der Waals surface area contributed by atoms with Crippen molar-refractivity contribution in [3.05, 3.63) is 16.5 Å². The minimum Gasteiger partial charge on any atom is -0.367 e. The van der Waals surface area contributed by atoms with Gasteiger partial charge in [-0.05, 0) is 40.8 Å². The van der Waals surface area contributed by atoms with Gasteiger partial charge in [-0.2, -0.15) is 11.8 Å². The van der Waals surface area contributed by atoms with Gasteiger partial charge in [0.2, 0.25) is 0 Å². The molecule has 5 heteroatoms. The average molecular weight is 346 g/mol. The summed E-state index contributed by atoms with van der Waals surface area (Å²) in [6.45, 7) is 10.8. The highest BCUT2D eigenvalue weighted by Gasteiger charge is 2.19. The van der Waals surface area contributed by atoms with Crippen LogP contribution < -0.4 is 5.32 Å². The lowest BCUT2D eigenvalue weighted by Crippen LogP contribution is -2.21. The maximum Gasteiger partial charge on any atom is 0.137 e. The van der Waals surface area contributed by atoms with Crippen LogP contribution in [0.5, 0.6) is 0 Å². The highest BCUT2D eigenvalue weighted by atomic mass is 79.9. The Balaban J connectivity index is 2.70. The summed E-state index contributed by atoms with van der Waals surface area (Å²) in [6.07, 6.45) is 1.14. The Bertz CT molecular complexity index is 404. The second kappa shape index (κ2) is 7.48. The summed E-state index contributed by atoms with van der Waals surface area (Å²) in [5, 5.41) is 3.46. The van der Waals surface area contributed by atoms with Gasteiger partial charge in [0.25, 0.3) is 0 Å². The molecule has 108 valence electrons. The van der Waals surface area contributed by atoms with E-state index in [2.05, 4.69) is 65.8 Å². The first kappa shape index (κ1) is 16.8. The number of rotatable bonds is 6. The fraction of sp³-hybridized carbons (Fsp3) is 0.714. The molecule has 1 aromatic heterocycles. The Morgan fingerprint density at radius 2 is 2.05 bits per heavy atom. The zero-order chi connectivity index (χ0) is 14.5. The molecule has 0 amide bonds. The molecule has 1 rings (SSSR count). The maximum atomic E-state index is 4.61. The Labute approximate surface area is 129 Å². The molecule has 1 aromatic rings. The maximum absolute atomic E-state index is 4.61. The van der Waals surface area contributed by atoms with Gasteiger partial charge in [-0.3, -0.25) is 0 Å². The van der Waals surface area contributed by atoms with E-state index in [1.807, 2.05) is 17.8 Å². The van der Waals surface area contributed by atoms with E-state index in [-0.39, 0.29) is 5.41 Å². The van der Waals surface area contributed by atoms with Crippen LogP contribution in [0.1, 0.15) is 46.9 Å². The van der Waals surface area contributed by atoms with Crippen LogP contribution in [0.4, 0.5) is 5.82 Å². The lowest BCUT2D eigenvalue weighted by atomic mass is 9.96. The molecule has 0 aromatic carbocycles. The molecule has 0 saturated heterocycles. The fourth-order valence-corrected chi connectivity index (χ4v) is 2.75. The summed E-state index contributed by atoms with van der Waals surface area (Å²) >= 11 is 5.44. The van der Waals surface area contributed by atoms with Crippen molar-refractivity contribution in [3.8, 4) is 0 Å². The lowest BCUT2D eigenvalue weighted by Gasteiger charge is -2.19. The van der Waals surface area contributed by atoms with E-state index >= 15 is 0 Å². The summed E-state index contributed by atoms with van der Waals surface area (Å²) in [4.78, 5) is 9.06. The Morgan fingerprint density at radius 3 is 2.63 bits per heavy atom. The van der Waals surface area contributed by atoms with Crippen LogP contribution in [0.25, 0.3) is 0 Å². The SMILES string of the molecule is CCSCCC(C)Nc1cc(Br)nc(C(C)(C)C)n1. The van der Waals surface area contributed by atoms with Crippen molar-refractivity contribution in [1.82, 2.24) is 9.97 Å². The predicted molar refractivity (Wildman–Crippen MR) is 89.1 cm³/mol. The molecule has 19 heavy (non-hydrogen) atoms. The Hall–Kier alpha value is -0.290. The Kier molecular flexibility index (Phi) is 6.60. The summed E-state index contributed by atoms with van der Waals surface area (Å²) in [5.74, 6) is 4.13. The van der Waals surface area contributed by atoms with E-state index in [1.54, 1.807) is 0 Å². The highest BCUT2D eigenvalue weighted by molar-refractivity contribution is 9.10. The van der Waals surface area contributed by atoms with Crippen LogP contribution in [-0.2, 0) is 5.41 Å². The molecule has 0 saturated carbocycles. The molecule has 1 N–H and O–H groups in total. The van der Waals surface area contributed by atoms with Crippen LogP contribution >= 0.6 is 27.7 Å². The second-order valence-corrected chi connectivity index (χ2v) is 7.89. The van der Waals surface area contributed by atoms with E-state index < -0.39 is 0 Å². The van der Waals surface area contributed by atoms with Crippen molar-refractivity contribution in [2.24, 2.45) is 0 Å². The molecule has 0 aliphatic rings. The van der Waals surface area contributed by atoms with Gasteiger partial charge < -0.3 is 5.32 Å². The fourth-order valence-electron chi connectivity index (χ4n) is 1.56. The van der Waals surface area contributed by atoms with Crippen molar-refractivity contribution in [3.63, 3.8) is 0 Å². The molecule has 0 radical (unpaired) electrons. The van der Waals surface area contributed by atoms with Gasteiger partial charge in [0.1, 0.15) is 16.2 Å². The molecule has 0 aliphatic carbocycles. The number of thioether (sulfide) groups is 1. The number of nitrogens with one attached hydrogen (secondary N) is 1. The number of halogens is 1. The summed E-state index contributed by atoms with van der Waals surface area (Å²) in [6, 6.07) is 2.37. The number of anilines is 1. The van der Waals surface area contributed by atoms with Crippen molar-refractivity contribution in [2.75, 3.05) is 16.8 Å². The zero-order valence-corrected chi connectivity index (χ0v) is 14.9. The molecule has 0 spiro atoms. The van der Waals surface area contributed by atoms with Crippen LogP contribution in [0.15, 0.2) is 10.7 Å². The molecule has 1 unspecified atom stereocenters. The Morgan fingerprint density at radius 1 is 1.37 bits per heavy atom. The van der Waals surface area contributed by atoms with E-state index in [4.69, 9.17) is 0 Å². The third-order valence-electron chi connectivity index (χ3n) is 2.66. The third-order valence-corrected chi connectivity index (χ3v) is 4.00. The van der Waals surface area contributed by atoms with E-state index in [0.717, 1.165) is 22.7 Å². The summed E-state index contributed by atoms with van der Waals surface area (Å²) < 4.78 is 0.838. The minimum absolute atomic E-state index is 0.0402. The van der Waals surface area contributed by atoms with E-state index in [1.165, 1.54) is 11.5 Å². The van der Waals surface area contributed by atoms with Gasteiger partial charge in [-0.25, -0.2) is 9.97 Å². The molecule has 1 atom stereocenters. The quantitative estimate of drug-likeness (QED) is 0.609. The van der Waals surface area contributed by atoms with Crippen LogP contribution in [0.2, 0.25) is 0 Å². The first-order valence-corrected chi connectivity index (χ1v) is 8.67. The van der Waals surface area contributed by atoms with Gasteiger partial charge in [0.05, 0.1) is 0 Å². The second-order valence-electron chi connectivity index (χ2n) is 5.68. The largest absolute Gasteiger partial charge is 0.367 e. The lowest BCUT2D eigenvalue weighted by molar-refractivity contribution is 0.543. The number of hydrogen-bond acceptors (Lipinski definition) is 4. The summed E-state index contributed by atoms with van der Waals surface area (Å²) in [5.41, 5.74) is -0.0402. The number of aromatic nitrogens is 2. The van der Waals surface area contributed by atoms with Crippen molar-refractivity contribution < 1.29 is 0 Å². The first-order chi connectivity index (χ1) is 8.82. The molecule has 3 nitrogen and oxygen atoms in total. The molecule has 0 fully saturated rings. The van der Waals surface area contributed by atoms with Crippen LogP contribution in [0.3, 0.4) is 0 Å². The van der Waals surface area contributed by atoms with Crippen molar-refractivity contribution in [1.29, 1.82) is 0 Å². The zero-order valence-electron chi connectivity index (χ0n) is 12.5. The van der Waals surface area contributed by atoms with Crippen LogP contribution in [-0.4, -0.2) is 27.5 Å². The minimum atomic E-state index is -0.0402. The van der Waals surface area contributed by atoms with Gasteiger partial charge in [-0.15, -0.1) is 0 Å². The van der Waals surface area contributed by atoms with Crippen molar-refractivity contribution in [2.45, 2.75) is 52.5 Å². The molecule has 1 heterocycles. The highest BCUT2D eigenvalue weighted by Crippen LogP contribution is 2.23. The van der Waals surface area contributed by atoms with Gasteiger partial charge in [0.15, 0.2) is 0 Å². The third kappa shape index (κ3) is 6.13. The van der Waals surface area contributed by atoms with Crippen LogP contribution in [0, 0.1) is 0 Å². The van der Waals surface area contributed by atoms with Crippen molar-refractivity contribution >= 4 is 33.5 Å². The van der Waals surface area contributed by atoms with Gasteiger partial charge >= 0.3 is 0 Å². The topological polar surface area (TPSA) is 37.8 Å². The number of nitrogens with zero attached hydrogens (tertiary/aromatic N) is 2. The van der Waals surface area contributed by atoms with Gasteiger partial charge in [-0.1, -0.05) is 27.7 Å². The average Bonchev–Trinajstić information content (AvgIpc) is 2.27. The van der Waals surface area contributed by atoms with Gasteiger partial charge in [0, 0.05) is 17.5 Å². The smallest absolute Gasteiger partial charge is 0.137 e. The van der Waals surface area contributed by atoms with E-state index in [9.17, 15) is 0 Å². The molecular formula is C14H24BrN3S. The molecule has 0 aliphatic heterocycles. The van der Waals surface area contributed by atoms with E-state index in [0.29, 0.717) is 6.04 Å². The predicted octanol–water partition coefficient (Wildman–Crippen LogP) is 4.48. The summed E-state index contributed by atoms with van der Waals surface area (Å²) in [7, 11) is 0. The molecule has 0 bridgehead atoms. The first-order valence-electron chi connectivity index (χ1n) is 6.72.